The average molecular weight is 370 g/mol. The molecule has 0 fully saturated rings. The molecule has 0 saturated carbocycles. The summed E-state index contributed by atoms with van der Waals surface area (Å²) in [5.74, 6) is -0.727. The van der Waals surface area contributed by atoms with Crippen molar-refractivity contribution in [2.45, 2.75) is 0 Å². The van der Waals surface area contributed by atoms with Crippen molar-refractivity contribution >= 4 is 38.6 Å². The summed E-state index contributed by atoms with van der Waals surface area (Å²) in [5.41, 5.74) is 1.56. The van der Waals surface area contributed by atoms with E-state index in [4.69, 9.17) is 9.47 Å². The van der Waals surface area contributed by atoms with Crippen molar-refractivity contribution in [3.8, 4) is 0 Å². The molecular weight excluding hydrogens is 352 g/mol. The lowest BCUT2D eigenvalue weighted by Gasteiger charge is -2.19. The third-order valence-corrected chi connectivity index (χ3v) is 4.87. The molecule has 1 heterocycles. The van der Waals surface area contributed by atoms with Gasteiger partial charge in [-0.05, 0) is 30.3 Å². The highest BCUT2D eigenvalue weighted by Gasteiger charge is 2.22. The van der Waals surface area contributed by atoms with Gasteiger partial charge < -0.3 is 9.47 Å². The van der Waals surface area contributed by atoms with E-state index in [1.165, 1.54) is 24.5 Å². The number of methoxy groups -OCH3 is 2. The topological polar surface area (TPSA) is 68.7 Å². The number of ether oxygens (including phenoxy) is 2. The molecule has 134 valence electrons. The Balaban J connectivity index is 1.96. The minimum atomic E-state index is -0.483. The number of hydrogen-bond acceptors (Lipinski definition) is 6. The lowest BCUT2D eigenvalue weighted by molar-refractivity contribution is 0.0600. The number of rotatable bonds is 6. The number of hydrogen-bond donors (Lipinski definition) is 0. The van der Waals surface area contributed by atoms with Gasteiger partial charge in [-0.3, -0.25) is 9.69 Å². The maximum absolute atomic E-state index is 13.1. The molecule has 0 saturated heterocycles. The second-order valence-electron chi connectivity index (χ2n) is 5.49. The molecular formula is C19H18N2O4S. The van der Waals surface area contributed by atoms with Crippen molar-refractivity contribution in [3.05, 3.63) is 59.7 Å². The Morgan fingerprint density at radius 3 is 2.58 bits per heavy atom. The molecule has 0 atom stereocenters. The second-order valence-corrected chi connectivity index (χ2v) is 6.50. The highest BCUT2D eigenvalue weighted by Crippen LogP contribution is 2.29. The number of carbonyl (C=O) groups is 2. The summed E-state index contributed by atoms with van der Waals surface area (Å²) >= 11 is 1.44. The van der Waals surface area contributed by atoms with Gasteiger partial charge in [0.15, 0.2) is 5.13 Å². The Morgan fingerprint density at radius 1 is 1.08 bits per heavy atom. The molecule has 0 unspecified atom stereocenters. The lowest BCUT2D eigenvalue weighted by atomic mass is 10.1. The van der Waals surface area contributed by atoms with Crippen LogP contribution in [0.5, 0.6) is 0 Å². The van der Waals surface area contributed by atoms with Crippen LogP contribution in [0.2, 0.25) is 0 Å². The number of carbonyl (C=O) groups excluding carboxylic acids is 2. The molecule has 3 rings (SSSR count). The van der Waals surface area contributed by atoms with Crippen molar-refractivity contribution in [2.75, 3.05) is 32.3 Å². The van der Waals surface area contributed by atoms with Crippen LogP contribution in [0.25, 0.3) is 10.2 Å². The second kappa shape index (κ2) is 8.07. The third kappa shape index (κ3) is 3.74. The summed E-state index contributed by atoms with van der Waals surface area (Å²) in [6.45, 7) is 0.732. The van der Waals surface area contributed by atoms with Crippen LogP contribution in [0.4, 0.5) is 5.13 Å². The number of esters is 1. The highest BCUT2D eigenvalue weighted by molar-refractivity contribution is 7.22. The van der Waals surface area contributed by atoms with Crippen molar-refractivity contribution in [3.63, 3.8) is 0 Å². The van der Waals surface area contributed by atoms with Crippen molar-refractivity contribution in [1.82, 2.24) is 4.98 Å². The number of amides is 1. The summed E-state index contributed by atoms with van der Waals surface area (Å²) in [5, 5.41) is 0.594. The molecule has 6 nitrogen and oxygen atoms in total. The number of nitrogens with zero attached hydrogens (tertiary/aromatic N) is 2. The van der Waals surface area contributed by atoms with E-state index in [1.807, 2.05) is 24.3 Å². The minimum Gasteiger partial charge on any atom is -0.465 e. The van der Waals surface area contributed by atoms with E-state index in [-0.39, 0.29) is 5.91 Å². The van der Waals surface area contributed by atoms with E-state index in [0.29, 0.717) is 29.4 Å². The van der Waals surface area contributed by atoms with Crippen LogP contribution in [-0.2, 0) is 9.47 Å². The largest absolute Gasteiger partial charge is 0.465 e. The van der Waals surface area contributed by atoms with Crippen LogP contribution < -0.4 is 4.90 Å². The fraction of sp³-hybridized carbons (Fsp3) is 0.211. The zero-order chi connectivity index (χ0) is 18.5. The van der Waals surface area contributed by atoms with Crippen LogP contribution in [0.3, 0.4) is 0 Å². The number of aromatic nitrogens is 1. The predicted octanol–water partition coefficient (Wildman–Crippen LogP) is 3.38. The van der Waals surface area contributed by atoms with Gasteiger partial charge >= 0.3 is 5.97 Å². The monoisotopic (exact) mass is 370 g/mol. The molecule has 0 spiro atoms. The van der Waals surface area contributed by atoms with Gasteiger partial charge in [-0.25, -0.2) is 9.78 Å². The zero-order valence-corrected chi connectivity index (χ0v) is 15.3. The highest BCUT2D eigenvalue weighted by atomic mass is 32.1. The Labute approximate surface area is 155 Å². The summed E-state index contributed by atoms with van der Waals surface area (Å²) in [7, 11) is 2.89. The molecule has 0 N–H and O–H groups in total. The van der Waals surface area contributed by atoms with E-state index >= 15 is 0 Å². The van der Waals surface area contributed by atoms with Crippen LogP contribution in [0.1, 0.15) is 20.7 Å². The van der Waals surface area contributed by atoms with Crippen LogP contribution in [0.15, 0.2) is 48.5 Å². The van der Waals surface area contributed by atoms with Crippen LogP contribution in [-0.4, -0.2) is 44.2 Å². The number of benzene rings is 2. The number of anilines is 1. The van der Waals surface area contributed by atoms with E-state index in [1.54, 1.807) is 30.2 Å². The van der Waals surface area contributed by atoms with E-state index in [9.17, 15) is 9.59 Å². The van der Waals surface area contributed by atoms with Gasteiger partial charge in [-0.1, -0.05) is 29.5 Å². The predicted molar refractivity (Wildman–Crippen MR) is 101 cm³/mol. The van der Waals surface area contributed by atoms with Crippen molar-refractivity contribution in [2.24, 2.45) is 0 Å². The van der Waals surface area contributed by atoms with Gasteiger partial charge in [0, 0.05) is 12.7 Å². The minimum absolute atomic E-state index is 0.244. The van der Waals surface area contributed by atoms with Gasteiger partial charge in [-0.15, -0.1) is 0 Å². The van der Waals surface area contributed by atoms with Gasteiger partial charge in [0.2, 0.25) is 0 Å². The van der Waals surface area contributed by atoms with E-state index in [2.05, 4.69) is 4.98 Å². The molecule has 0 bridgehead atoms. The zero-order valence-electron chi connectivity index (χ0n) is 14.5. The standard InChI is InChI=1S/C19H18N2O4S/c1-24-11-10-21(19-20-15-8-3-4-9-16(15)26-19)17(22)13-6-5-7-14(12-13)18(23)25-2/h3-9,12H,10-11H2,1-2H3. The number of thiazole rings is 1. The van der Waals surface area contributed by atoms with Crippen LogP contribution in [0, 0.1) is 0 Å². The van der Waals surface area contributed by atoms with Gasteiger partial charge in [0.05, 0.1) is 36.0 Å². The van der Waals surface area contributed by atoms with Gasteiger partial charge in [0.25, 0.3) is 5.91 Å². The first-order chi connectivity index (χ1) is 12.6. The molecule has 0 radical (unpaired) electrons. The Kier molecular flexibility index (Phi) is 5.60. The molecule has 7 heteroatoms. The maximum atomic E-state index is 13.1. The summed E-state index contributed by atoms with van der Waals surface area (Å²) < 4.78 is 10.9. The van der Waals surface area contributed by atoms with Crippen LogP contribution >= 0.6 is 11.3 Å². The van der Waals surface area contributed by atoms with Gasteiger partial charge in [0.1, 0.15) is 0 Å². The third-order valence-electron chi connectivity index (χ3n) is 3.81. The fourth-order valence-electron chi connectivity index (χ4n) is 2.50. The Bertz CT molecular complexity index is 905. The van der Waals surface area contributed by atoms with Gasteiger partial charge in [-0.2, -0.15) is 0 Å². The molecule has 3 aromatic rings. The number of para-hydroxylation sites is 1. The quantitative estimate of drug-likeness (QED) is 0.622. The summed E-state index contributed by atoms with van der Waals surface area (Å²) in [4.78, 5) is 31.0. The first-order valence-corrected chi connectivity index (χ1v) is 8.80. The molecule has 26 heavy (non-hydrogen) atoms. The first-order valence-electron chi connectivity index (χ1n) is 7.99. The molecule has 2 aromatic carbocycles. The molecule has 0 aliphatic heterocycles. The van der Waals surface area contributed by atoms with E-state index < -0.39 is 5.97 Å². The summed E-state index contributed by atoms with van der Waals surface area (Å²) in [6, 6.07) is 14.2. The molecule has 0 aliphatic rings. The average Bonchev–Trinajstić information content (AvgIpc) is 3.11. The number of fused-ring (bicyclic) bond motifs is 1. The molecule has 1 aromatic heterocycles. The lowest BCUT2D eigenvalue weighted by Crippen LogP contribution is -2.34. The summed E-state index contributed by atoms with van der Waals surface area (Å²) in [6.07, 6.45) is 0. The maximum Gasteiger partial charge on any atom is 0.337 e. The Hall–Kier alpha value is -2.77. The SMILES string of the molecule is COCCN(C(=O)c1cccc(C(=O)OC)c1)c1nc2ccccc2s1. The molecule has 0 aliphatic carbocycles. The Morgan fingerprint density at radius 2 is 1.85 bits per heavy atom. The first kappa shape index (κ1) is 18.0. The fourth-order valence-corrected chi connectivity index (χ4v) is 3.48. The normalized spacial score (nSPS) is 10.7. The van der Waals surface area contributed by atoms with Crippen molar-refractivity contribution in [1.29, 1.82) is 0 Å². The van der Waals surface area contributed by atoms with Crippen molar-refractivity contribution < 1.29 is 19.1 Å². The van der Waals surface area contributed by atoms with E-state index in [0.717, 1.165) is 10.2 Å². The molecule has 1 amide bonds. The smallest absolute Gasteiger partial charge is 0.337 e.